The van der Waals surface area contributed by atoms with Crippen molar-refractivity contribution in [2.75, 3.05) is 0 Å². The molecule has 6 heteroatoms. The maximum absolute atomic E-state index is 5.75. The maximum atomic E-state index is 5.75. The monoisotopic (exact) mass is 317 g/mol. The zero-order valence-electron chi connectivity index (χ0n) is 12.1. The van der Waals surface area contributed by atoms with E-state index in [-0.39, 0.29) is 0 Å². The maximum Gasteiger partial charge on any atom is 0.236 e. The Kier molecular flexibility index (Phi) is 4.07. The van der Waals surface area contributed by atoms with Crippen LogP contribution >= 0.6 is 23.1 Å². The van der Waals surface area contributed by atoms with Crippen molar-refractivity contribution in [3.8, 4) is 10.8 Å². The van der Waals surface area contributed by atoms with Gasteiger partial charge in [-0.05, 0) is 38.3 Å². The van der Waals surface area contributed by atoms with Crippen molar-refractivity contribution in [3.05, 3.63) is 46.6 Å². The van der Waals surface area contributed by atoms with Crippen LogP contribution in [0.5, 0.6) is 0 Å². The summed E-state index contributed by atoms with van der Waals surface area (Å²) in [5.74, 6) is 3.12. The number of thiophene rings is 1. The molecule has 21 heavy (non-hydrogen) atoms. The van der Waals surface area contributed by atoms with E-state index >= 15 is 0 Å². The average Bonchev–Trinajstić information content (AvgIpc) is 3.04. The Bertz CT molecular complexity index is 730. The second-order valence-corrected chi connectivity index (χ2v) is 6.63. The van der Waals surface area contributed by atoms with Crippen molar-refractivity contribution in [2.24, 2.45) is 0 Å². The lowest BCUT2D eigenvalue weighted by molar-refractivity contribution is 0.542. The fourth-order valence-corrected chi connectivity index (χ4v) is 3.62. The number of hydrogen-bond donors (Lipinski definition) is 0. The smallest absolute Gasteiger partial charge is 0.236 e. The third-order valence-electron chi connectivity index (χ3n) is 2.92. The molecule has 108 valence electrons. The number of rotatable bonds is 4. The molecule has 0 aliphatic rings. The van der Waals surface area contributed by atoms with Gasteiger partial charge in [-0.1, -0.05) is 17.8 Å². The van der Waals surface area contributed by atoms with Crippen LogP contribution in [0.2, 0.25) is 0 Å². The van der Waals surface area contributed by atoms with E-state index < -0.39 is 0 Å². The molecular weight excluding hydrogens is 302 g/mol. The molecule has 0 radical (unpaired) electrons. The fraction of sp³-hybridized carbons (Fsp3) is 0.267. The molecule has 3 aromatic rings. The van der Waals surface area contributed by atoms with Gasteiger partial charge in [0.1, 0.15) is 16.6 Å². The molecular formula is C15H15N3OS2. The molecule has 0 bridgehead atoms. The number of aromatic nitrogens is 3. The van der Waals surface area contributed by atoms with Crippen molar-refractivity contribution >= 4 is 23.1 Å². The number of aryl methyl sites for hydroxylation is 3. The molecule has 0 spiro atoms. The van der Waals surface area contributed by atoms with Crippen LogP contribution in [0.1, 0.15) is 23.0 Å². The number of nitrogens with zero attached hydrogens (tertiary/aromatic N) is 3. The lowest BCUT2D eigenvalue weighted by Gasteiger charge is -2.01. The van der Waals surface area contributed by atoms with Crippen molar-refractivity contribution in [1.82, 2.24) is 15.0 Å². The quantitative estimate of drug-likeness (QED) is 0.527. The molecule has 0 saturated heterocycles. The molecule has 3 heterocycles. The summed E-state index contributed by atoms with van der Waals surface area (Å²) in [5, 5.41) is 3.00. The highest BCUT2D eigenvalue weighted by Gasteiger charge is 2.13. The van der Waals surface area contributed by atoms with Gasteiger partial charge < -0.3 is 4.42 Å². The van der Waals surface area contributed by atoms with Gasteiger partial charge in [0.15, 0.2) is 0 Å². The van der Waals surface area contributed by atoms with Crippen molar-refractivity contribution in [2.45, 2.75) is 31.6 Å². The number of oxazole rings is 1. The summed E-state index contributed by atoms with van der Waals surface area (Å²) in [6.45, 7) is 5.85. The van der Waals surface area contributed by atoms with Crippen LogP contribution in [0.15, 0.2) is 33.0 Å². The molecule has 3 rings (SSSR count). The highest BCUT2D eigenvalue weighted by molar-refractivity contribution is 7.98. The van der Waals surface area contributed by atoms with Gasteiger partial charge in [0.25, 0.3) is 0 Å². The van der Waals surface area contributed by atoms with Crippen LogP contribution in [0, 0.1) is 20.8 Å². The Balaban J connectivity index is 1.76. The van der Waals surface area contributed by atoms with Gasteiger partial charge in [-0.25, -0.2) is 15.0 Å². The van der Waals surface area contributed by atoms with E-state index in [4.69, 9.17) is 4.42 Å². The minimum Gasteiger partial charge on any atom is -0.440 e. The molecule has 0 aromatic carbocycles. The van der Waals surface area contributed by atoms with E-state index in [2.05, 4.69) is 15.0 Å². The van der Waals surface area contributed by atoms with E-state index in [1.54, 1.807) is 23.1 Å². The first kappa shape index (κ1) is 14.3. The Labute approximate surface area is 131 Å². The first-order valence-electron chi connectivity index (χ1n) is 6.57. The van der Waals surface area contributed by atoms with Crippen LogP contribution < -0.4 is 0 Å². The van der Waals surface area contributed by atoms with E-state index in [0.29, 0.717) is 5.89 Å². The number of hydrogen-bond acceptors (Lipinski definition) is 6. The normalized spacial score (nSPS) is 11.0. The Hall–Kier alpha value is -1.66. The zero-order valence-corrected chi connectivity index (χ0v) is 13.7. The van der Waals surface area contributed by atoms with Gasteiger partial charge in [-0.3, -0.25) is 0 Å². The molecule has 0 unspecified atom stereocenters. The average molecular weight is 317 g/mol. The Morgan fingerprint density at radius 2 is 2.05 bits per heavy atom. The topological polar surface area (TPSA) is 51.8 Å². The highest BCUT2D eigenvalue weighted by atomic mass is 32.2. The summed E-state index contributed by atoms with van der Waals surface area (Å²) in [6, 6.07) is 6.01. The standard InChI is InChI=1S/C15H15N3OS2/c1-9-7-14(17-11(3)16-9)21-8-12-10(2)19-15(18-12)13-5-4-6-20-13/h4-7H,8H2,1-3H3. The molecule has 0 N–H and O–H groups in total. The highest BCUT2D eigenvalue weighted by Crippen LogP contribution is 2.29. The van der Waals surface area contributed by atoms with E-state index in [1.165, 1.54) is 0 Å². The van der Waals surface area contributed by atoms with Crippen molar-refractivity contribution in [1.29, 1.82) is 0 Å². The van der Waals surface area contributed by atoms with E-state index in [0.717, 1.165) is 38.6 Å². The van der Waals surface area contributed by atoms with Crippen molar-refractivity contribution in [3.63, 3.8) is 0 Å². The second kappa shape index (κ2) is 5.99. The van der Waals surface area contributed by atoms with Gasteiger partial charge in [-0.2, -0.15) is 0 Å². The first-order chi connectivity index (χ1) is 10.1. The van der Waals surface area contributed by atoms with Gasteiger partial charge >= 0.3 is 0 Å². The van der Waals surface area contributed by atoms with Crippen LogP contribution in [0.25, 0.3) is 10.8 Å². The third kappa shape index (κ3) is 3.33. The van der Waals surface area contributed by atoms with E-state index in [1.807, 2.05) is 44.4 Å². The summed E-state index contributed by atoms with van der Waals surface area (Å²) in [6.07, 6.45) is 0. The zero-order chi connectivity index (χ0) is 14.8. The van der Waals surface area contributed by atoms with Gasteiger partial charge in [0.2, 0.25) is 5.89 Å². The lowest BCUT2D eigenvalue weighted by atomic mass is 10.4. The number of thioether (sulfide) groups is 1. The molecule has 0 saturated carbocycles. The van der Waals surface area contributed by atoms with Crippen molar-refractivity contribution < 1.29 is 4.42 Å². The lowest BCUT2D eigenvalue weighted by Crippen LogP contribution is -1.93. The largest absolute Gasteiger partial charge is 0.440 e. The third-order valence-corrected chi connectivity index (χ3v) is 4.70. The summed E-state index contributed by atoms with van der Waals surface area (Å²) in [7, 11) is 0. The molecule has 0 aliphatic carbocycles. The summed E-state index contributed by atoms with van der Waals surface area (Å²) >= 11 is 3.29. The molecule has 0 amide bonds. The van der Waals surface area contributed by atoms with Gasteiger partial charge in [0, 0.05) is 11.4 Å². The minimum absolute atomic E-state index is 0.702. The summed E-state index contributed by atoms with van der Waals surface area (Å²) in [4.78, 5) is 14.4. The van der Waals surface area contributed by atoms with Crippen LogP contribution in [-0.2, 0) is 5.75 Å². The molecule has 0 fully saturated rings. The second-order valence-electron chi connectivity index (χ2n) is 4.68. The molecule has 4 nitrogen and oxygen atoms in total. The predicted octanol–water partition coefficient (Wildman–Crippen LogP) is 4.41. The molecule has 3 aromatic heterocycles. The Morgan fingerprint density at radius 3 is 2.76 bits per heavy atom. The minimum atomic E-state index is 0.702. The molecule has 0 aliphatic heterocycles. The predicted molar refractivity (Wildman–Crippen MR) is 85.6 cm³/mol. The fourth-order valence-electron chi connectivity index (χ4n) is 1.97. The van der Waals surface area contributed by atoms with Crippen LogP contribution in [0.3, 0.4) is 0 Å². The van der Waals surface area contributed by atoms with Crippen LogP contribution in [0.4, 0.5) is 0 Å². The summed E-state index contributed by atoms with van der Waals surface area (Å²) < 4.78 is 5.75. The van der Waals surface area contributed by atoms with Gasteiger partial charge in [0.05, 0.1) is 10.6 Å². The van der Waals surface area contributed by atoms with Crippen LogP contribution in [-0.4, -0.2) is 15.0 Å². The Morgan fingerprint density at radius 1 is 1.19 bits per heavy atom. The summed E-state index contributed by atoms with van der Waals surface area (Å²) in [5.41, 5.74) is 1.96. The van der Waals surface area contributed by atoms with E-state index in [9.17, 15) is 0 Å². The first-order valence-corrected chi connectivity index (χ1v) is 8.43. The SMILES string of the molecule is Cc1cc(SCc2nc(-c3cccs3)oc2C)nc(C)n1. The molecule has 0 atom stereocenters. The van der Waals surface area contributed by atoms with Gasteiger partial charge in [-0.15, -0.1) is 11.3 Å².